The van der Waals surface area contributed by atoms with Crippen LogP contribution < -0.4 is 5.32 Å². The smallest absolute Gasteiger partial charge is 0.268 e. The van der Waals surface area contributed by atoms with E-state index in [2.05, 4.69) is 10.3 Å². The number of nitrogens with one attached hydrogen (secondary N) is 2. The third kappa shape index (κ3) is 3.60. The lowest BCUT2D eigenvalue weighted by Gasteiger charge is -2.25. The molecule has 0 spiro atoms. The number of carbonyl (C=O) groups is 1. The maximum absolute atomic E-state index is 11.9. The van der Waals surface area contributed by atoms with Crippen LogP contribution in [0.25, 0.3) is 0 Å². The molecule has 1 aromatic heterocycles. The predicted molar refractivity (Wildman–Crippen MR) is 68.1 cm³/mol. The Bertz CT molecular complexity index is 402. The van der Waals surface area contributed by atoms with Gasteiger partial charge >= 0.3 is 0 Å². The zero-order valence-electron chi connectivity index (χ0n) is 11.2. The Morgan fingerprint density at radius 1 is 1.47 bits per heavy atom. The molecule has 4 heteroatoms. The molecule has 1 heterocycles. The second-order valence-corrected chi connectivity index (χ2v) is 5.60. The average molecular weight is 238 g/mol. The van der Waals surface area contributed by atoms with Crippen LogP contribution in [0.5, 0.6) is 0 Å². The van der Waals surface area contributed by atoms with Crippen LogP contribution in [-0.2, 0) is 0 Å². The molecular weight excluding hydrogens is 216 g/mol. The highest BCUT2D eigenvalue weighted by atomic mass is 16.3. The number of carbonyl (C=O) groups excluding carboxylic acids is 1. The molecule has 1 amide bonds. The fourth-order valence-corrected chi connectivity index (χ4v) is 1.55. The first-order valence-electron chi connectivity index (χ1n) is 5.84. The molecule has 96 valence electrons. The number of aromatic amines is 1. The third-order valence-electron chi connectivity index (χ3n) is 2.83. The zero-order chi connectivity index (χ0) is 13.2. The summed E-state index contributed by atoms with van der Waals surface area (Å²) in [5.74, 6) is -0.168. The number of aromatic nitrogens is 1. The lowest BCUT2D eigenvalue weighted by atomic mass is 9.89. The van der Waals surface area contributed by atoms with E-state index >= 15 is 0 Å². The summed E-state index contributed by atoms with van der Waals surface area (Å²) in [6.45, 7) is 9.88. The highest BCUT2D eigenvalue weighted by Gasteiger charge is 2.23. The van der Waals surface area contributed by atoms with Crippen molar-refractivity contribution in [1.29, 1.82) is 0 Å². The van der Waals surface area contributed by atoms with Crippen LogP contribution in [0.4, 0.5) is 0 Å². The first kappa shape index (κ1) is 13.8. The fraction of sp³-hybridized carbons (Fsp3) is 0.615. The van der Waals surface area contributed by atoms with Crippen LogP contribution in [0.2, 0.25) is 0 Å². The van der Waals surface area contributed by atoms with Gasteiger partial charge in [0.25, 0.3) is 5.91 Å². The Labute approximate surface area is 102 Å². The minimum atomic E-state index is -0.553. The summed E-state index contributed by atoms with van der Waals surface area (Å²) in [4.78, 5) is 14.9. The van der Waals surface area contributed by atoms with Crippen molar-refractivity contribution in [3.63, 3.8) is 0 Å². The van der Waals surface area contributed by atoms with Crippen molar-refractivity contribution in [2.24, 2.45) is 5.41 Å². The van der Waals surface area contributed by atoms with E-state index in [1.54, 1.807) is 0 Å². The quantitative estimate of drug-likeness (QED) is 0.751. The monoisotopic (exact) mass is 238 g/mol. The summed E-state index contributed by atoms with van der Waals surface area (Å²) >= 11 is 0. The summed E-state index contributed by atoms with van der Waals surface area (Å²) in [5.41, 5.74) is 2.23. The topological polar surface area (TPSA) is 65.1 Å². The molecule has 0 bridgehead atoms. The maximum Gasteiger partial charge on any atom is 0.268 e. The van der Waals surface area contributed by atoms with Crippen LogP contribution in [0.1, 0.15) is 42.5 Å². The zero-order valence-corrected chi connectivity index (χ0v) is 11.2. The fourth-order valence-electron chi connectivity index (χ4n) is 1.55. The number of aliphatic hydroxyl groups excluding tert-OH is 1. The minimum absolute atomic E-state index is 0.168. The molecule has 1 aromatic rings. The second kappa shape index (κ2) is 4.92. The number of aliphatic hydroxyl groups is 1. The minimum Gasteiger partial charge on any atom is -0.391 e. The van der Waals surface area contributed by atoms with Gasteiger partial charge in [-0.05, 0) is 30.9 Å². The summed E-state index contributed by atoms with van der Waals surface area (Å²) < 4.78 is 0. The van der Waals surface area contributed by atoms with Gasteiger partial charge in [0.15, 0.2) is 0 Å². The van der Waals surface area contributed by atoms with Gasteiger partial charge in [-0.25, -0.2) is 0 Å². The van der Waals surface area contributed by atoms with Gasteiger partial charge in [0.05, 0.1) is 6.10 Å². The van der Waals surface area contributed by atoms with Crippen LogP contribution >= 0.6 is 0 Å². The molecule has 0 radical (unpaired) electrons. The number of H-pyrrole nitrogens is 1. The number of amides is 1. The van der Waals surface area contributed by atoms with E-state index < -0.39 is 6.10 Å². The van der Waals surface area contributed by atoms with Crippen molar-refractivity contribution in [1.82, 2.24) is 10.3 Å². The van der Waals surface area contributed by atoms with Crippen molar-refractivity contribution >= 4 is 5.91 Å². The van der Waals surface area contributed by atoms with Gasteiger partial charge in [-0.3, -0.25) is 4.79 Å². The van der Waals surface area contributed by atoms with Crippen molar-refractivity contribution in [2.75, 3.05) is 6.54 Å². The number of hydrogen-bond donors (Lipinski definition) is 3. The Morgan fingerprint density at radius 3 is 2.47 bits per heavy atom. The Hall–Kier alpha value is -1.29. The highest BCUT2D eigenvalue weighted by molar-refractivity contribution is 5.94. The normalized spacial score (nSPS) is 13.5. The maximum atomic E-state index is 11.9. The molecule has 0 saturated heterocycles. The summed E-state index contributed by atoms with van der Waals surface area (Å²) in [6.07, 6.45) is -0.553. The van der Waals surface area contributed by atoms with Crippen LogP contribution in [-0.4, -0.2) is 28.6 Å². The molecule has 0 aromatic carbocycles. The molecule has 17 heavy (non-hydrogen) atoms. The van der Waals surface area contributed by atoms with Gasteiger partial charge in [0.2, 0.25) is 0 Å². The molecule has 0 aliphatic carbocycles. The van der Waals surface area contributed by atoms with Gasteiger partial charge in [-0.15, -0.1) is 0 Å². The largest absolute Gasteiger partial charge is 0.391 e. The van der Waals surface area contributed by atoms with E-state index in [1.807, 2.05) is 40.7 Å². The number of hydrogen-bond acceptors (Lipinski definition) is 2. The molecule has 3 N–H and O–H groups in total. The standard InChI is InChI=1S/C13H22N2O2/c1-8-6-9(2)15-11(8)12(17)14-7-10(16)13(3,4)5/h6,10,15-16H,7H2,1-5H3,(H,14,17). The van der Waals surface area contributed by atoms with Gasteiger partial charge in [-0.1, -0.05) is 20.8 Å². The molecule has 1 rings (SSSR count). The number of aryl methyl sites for hydroxylation is 2. The lowest BCUT2D eigenvalue weighted by Crippen LogP contribution is -2.39. The summed E-state index contributed by atoms with van der Waals surface area (Å²) in [5, 5.41) is 12.6. The number of rotatable bonds is 3. The van der Waals surface area contributed by atoms with E-state index in [9.17, 15) is 9.90 Å². The Balaban J connectivity index is 2.60. The van der Waals surface area contributed by atoms with Gasteiger partial charge in [0.1, 0.15) is 5.69 Å². The van der Waals surface area contributed by atoms with Crippen molar-refractivity contribution in [2.45, 2.75) is 40.7 Å². The van der Waals surface area contributed by atoms with Crippen molar-refractivity contribution in [3.05, 3.63) is 23.0 Å². The van der Waals surface area contributed by atoms with E-state index in [0.717, 1.165) is 11.3 Å². The van der Waals surface area contributed by atoms with E-state index in [0.29, 0.717) is 5.69 Å². The van der Waals surface area contributed by atoms with Gasteiger partial charge in [-0.2, -0.15) is 0 Å². The molecule has 0 aliphatic heterocycles. The average Bonchev–Trinajstić information content (AvgIpc) is 2.52. The van der Waals surface area contributed by atoms with E-state index in [4.69, 9.17) is 0 Å². The molecule has 1 unspecified atom stereocenters. The van der Waals surface area contributed by atoms with Crippen LogP contribution in [0.15, 0.2) is 6.07 Å². The second-order valence-electron chi connectivity index (χ2n) is 5.60. The van der Waals surface area contributed by atoms with E-state index in [1.165, 1.54) is 0 Å². The van der Waals surface area contributed by atoms with Crippen molar-refractivity contribution < 1.29 is 9.90 Å². The van der Waals surface area contributed by atoms with Gasteiger partial charge in [0, 0.05) is 12.2 Å². The molecule has 4 nitrogen and oxygen atoms in total. The molecule has 1 atom stereocenters. The first-order chi connectivity index (χ1) is 7.71. The Kier molecular flexibility index (Phi) is 3.98. The predicted octanol–water partition coefficient (Wildman–Crippen LogP) is 1.77. The van der Waals surface area contributed by atoms with E-state index in [-0.39, 0.29) is 17.9 Å². The molecule has 0 fully saturated rings. The van der Waals surface area contributed by atoms with Gasteiger partial charge < -0.3 is 15.4 Å². The van der Waals surface area contributed by atoms with Crippen molar-refractivity contribution in [3.8, 4) is 0 Å². The Morgan fingerprint density at radius 2 is 2.06 bits per heavy atom. The lowest BCUT2D eigenvalue weighted by molar-refractivity contribution is 0.0585. The van der Waals surface area contributed by atoms with Crippen LogP contribution in [0.3, 0.4) is 0 Å². The highest BCUT2D eigenvalue weighted by Crippen LogP contribution is 2.18. The molecular formula is C13H22N2O2. The SMILES string of the molecule is Cc1cc(C)c(C(=O)NCC(O)C(C)(C)C)[nH]1. The summed E-state index contributed by atoms with van der Waals surface area (Å²) in [6, 6.07) is 1.93. The molecule has 0 aliphatic rings. The van der Waals surface area contributed by atoms with Crippen LogP contribution in [0, 0.1) is 19.3 Å². The summed E-state index contributed by atoms with van der Waals surface area (Å²) in [7, 11) is 0. The molecule has 0 saturated carbocycles. The third-order valence-corrected chi connectivity index (χ3v) is 2.83. The first-order valence-corrected chi connectivity index (χ1v) is 5.84.